The Bertz CT molecular complexity index is 1390. The second-order valence-electron chi connectivity index (χ2n) is 10.1. The summed E-state index contributed by atoms with van der Waals surface area (Å²) in [5.41, 5.74) is 3.27. The van der Waals surface area contributed by atoms with E-state index in [9.17, 15) is 19.5 Å². The molecule has 0 spiro atoms. The first kappa shape index (κ1) is 29.3. The predicted octanol–water partition coefficient (Wildman–Crippen LogP) is 4.77. The molecule has 1 heterocycles. The number of ether oxygens (including phenoxy) is 3. The fourth-order valence-corrected chi connectivity index (χ4v) is 3.86. The molecule has 4 rings (SSSR count). The molecule has 1 N–H and O–H groups in total. The smallest absolute Gasteiger partial charge is 0.313 e. The summed E-state index contributed by atoms with van der Waals surface area (Å²) in [5.74, 6) is 0.265. The summed E-state index contributed by atoms with van der Waals surface area (Å²) in [4.78, 5) is 36.2. The lowest BCUT2D eigenvalue weighted by molar-refractivity contribution is -0.156. The molecule has 0 saturated heterocycles. The van der Waals surface area contributed by atoms with E-state index in [-0.39, 0.29) is 44.8 Å². The maximum atomic E-state index is 11.9. The van der Waals surface area contributed by atoms with Crippen molar-refractivity contribution in [3.05, 3.63) is 96.1 Å². The molecule has 3 aromatic carbocycles. The minimum atomic E-state index is -0.920. The van der Waals surface area contributed by atoms with Crippen molar-refractivity contribution in [2.75, 3.05) is 33.0 Å². The molecule has 8 heteroatoms. The predicted molar refractivity (Wildman–Crippen MR) is 156 cm³/mol. The zero-order valence-electron chi connectivity index (χ0n) is 23.1. The van der Waals surface area contributed by atoms with Crippen molar-refractivity contribution >= 4 is 29.9 Å². The van der Waals surface area contributed by atoms with Crippen molar-refractivity contribution in [1.82, 2.24) is 4.90 Å². The summed E-state index contributed by atoms with van der Waals surface area (Å²) in [7, 11) is 0. The van der Waals surface area contributed by atoms with Crippen LogP contribution in [-0.4, -0.2) is 60.8 Å². The first-order chi connectivity index (χ1) is 19.7. The van der Waals surface area contributed by atoms with Gasteiger partial charge in [-0.1, -0.05) is 60.7 Å². The Morgan fingerprint density at radius 1 is 0.732 bits per heavy atom. The third-order valence-electron chi connectivity index (χ3n) is 6.46. The van der Waals surface area contributed by atoms with Crippen LogP contribution in [-0.2, 0) is 19.1 Å². The highest BCUT2D eigenvalue weighted by molar-refractivity contribution is 6.12. The molecular formula is C33H33NO7. The van der Waals surface area contributed by atoms with Gasteiger partial charge in [-0.25, -0.2) is 0 Å². The number of imide groups is 1. The molecule has 0 atom stereocenters. The third-order valence-corrected chi connectivity index (χ3v) is 6.46. The Hall–Kier alpha value is -4.69. The Kier molecular flexibility index (Phi) is 9.71. The van der Waals surface area contributed by atoms with Crippen molar-refractivity contribution < 1.29 is 33.7 Å². The average Bonchev–Trinajstić information content (AvgIpc) is 3.31. The van der Waals surface area contributed by atoms with Gasteiger partial charge in [0.1, 0.15) is 31.3 Å². The molecule has 0 bridgehead atoms. The highest BCUT2D eigenvalue weighted by atomic mass is 16.6. The van der Waals surface area contributed by atoms with Crippen molar-refractivity contribution in [1.29, 1.82) is 0 Å². The van der Waals surface area contributed by atoms with E-state index in [0.29, 0.717) is 11.5 Å². The maximum Gasteiger partial charge on any atom is 0.313 e. The summed E-state index contributed by atoms with van der Waals surface area (Å²) in [6.45, 7) is 3.76. The van der Waals surface area contributed by atoms with Crippen LogP contribution in [0.5, 0.6) is 11.5 Å². The zero-order chi connectivity index (χ0) is 29.2. The van der Waals surface area contributed by atoms with Gasteiger partial charge in [-0.2, -0.15) is 0 Å². The summed E-state index contributed by atoms with van der Waals surface area (Å²) in [6.07, 6.45) is 6.58. The van der Waals surface area contributed by atoms with Gasteiger partial charge in [0.2, 0.25) is 0 Å². The van der Waals surface area contributed by atoms with Crippen molar-refractivity contribution in [3.8, 4) is 22.6 Å². The molecule has 41 heavy (non-hydrogen) atoms. The number of nitrogens with zero attached hydrogens (tertiary/aromatic N) is 1. The molecule has 8 nitrogen and oxygen atoms in total. The molecule has 2 amide bonds. The van der Waals surface area contributed by atoms with Crippen LogP contribution in [0.25, 0.3) is 23.3 Å². The van der Waals surface area contributed by atoms with Crippen LogP contribution in [0.15, 0.2) is 84.9 Å². The van der Waals surface area contributed by atoms with Crippen LogP contribution in [0.1, 0.15) is 25.0 Å². The van der Waals surface area contributed by atoms with Crippen LogP contribution in [0, 0.1) is 5.41 Å². The van der Waals surface area contributed by atoms with Gasteiger partial charge in [0.05, 0.1) is 18.6 Å². The molecule has 212 valence electrons. The summed E-state index contributed by atoms with van der Waals surface area (Å²) in [5, 5.41) is 9.21. The lowest BCUT2D eigenvalue weighted by Crippen LogP contribution is -2.33. The van der Waals surface area contributed by atoms with E-state index in [1.54, 1.807) is 13.8 Å². The largest absolute Gasteiger partial charge is 0.492 e. The minimum absolute atomic E-state index is 0.112. The topological polar surface area (TPSA) is 102 Å². The number of carbonyl (C=O) groups excluding carboxylic acids is 3. The fraction of sp³-hybridized carbons (Fsp3) is 0.242. The molecule has 0 aromatic heterocycles. The van der Waals surface area contributed by atoms with E-state index >= 15 is 0 Å². The Labute approximate surface area is 239 Å². The number of rotatable bonds is 13. The summed E-state index contributed by atoms with van der Waals surface area (Å²) >= 11 is 0. The minimum Gasteiger partial charge on any atom is -0.492 e. The van der Waals surface area contributed by atoms with Gasteiger partial charge < -0.3 is 19.3 Å². The van der Waals surface area contributed by atoms with Gasteiger partial charge >= 0.3 is 5.97 Å². The van der Waals surface area contributed by atoms with Crippen molar-refractivity contribution in [3.63, 3.8) is 0 Å². The molecule has 3 aromatic rings. The quantitative estimate of drug-likeness (QED) is 0.140. The van der Waals surface area contributed by atoms with E-state index in [0.717, 1.165) is 27.2 Å². The van der Waals surface area contributed by atoms with Gasteiger partial charge in [0, 0.05) is 12.2 Å². The van der Waals surface area contributed by atoms with E-state index in [1.165, 1.54) is 12.2 Å². The fourth-order valence-electron chi connectivity index (χ4n) is 3.86. The SMILES string of the molecule is CC(C)(CO)C(=O)OCCOc1ccc(/C=C/c2ccc(-c3ccc(OCCN4C(=O)C=CC4=O)cc3)cc2)cc1. The second-order valence-corrected chi connectivity index (χ2v) is 10.1. The van der Waals surface area contributed by atoms with Gasteiger partial charge in [-0.3, -0.25) is 19.3 Å². The Balaban J connectivity index is 1.22. The number of amides is 2. The van der Waals surface area contributed by atoms with Gasteiger partial charge in [-0.05, 0) is 60.4 Å². The molecule has 0 aliphatic carbocycles. The molecule has 0 radical (unpaired) electrons. The summed E-state index contributed by atoms with van der Waals surface area (Å²) in [6, 6.07) is 23.5. The van der Waals surface area contributed by atoms with Crippen LogP contribution in [0.2, 0.25) is 0 Å². The van der Waals surface area contributed by atoms with E-state index in [1.807, 2.05) is 72.8 Å². The van der Waals surface area contributed by atoms with Crippen LogP contribution < -0.4 is 9.47 Å². The average molecular weight is 556 g/mol. The Morgan fingerprint density at radius 3 is 1.73 bits per heavy atom. The number of hydrogen-bond acceptors (Lipinski definition) is 7. The van der Waals surface area contributed by atoms with Crippen LogP contribution >= 0.6 is 0 Å². The monoisotopic (exact) mass is 555 g/mol. The number of benzene rings is 3. The molecular weight excluding hydrogens is 522 g/mol. The van der Waals surface area contributed by atoms with E-state index < -0.39 is 11.4 Å². The maximum absolute atomic E-state index is 11.9. The third kappa shape index (κ3) is 8.16. The van der Waals surface area contributed by atoms with Crippen LogP contribution in [0.3, 0.4) is 0 Å². The van der Waals surface area contributed by atoms with E-state index in [4.69, 9.17) is 14.2 Å². The number of carbonyl (C=O) groups is 3. The van der Waals surface area contributed by atoms with Crippen molar-refractivity contribution in [2.45, 2.75) is 13.8 Å². The zero-order valence-corrected chi connectivity index (χ0v) is 23.1. The van der Waals surface area contributed by atoms with Gasteiger partial charge in [-0.15, -0.1) is 0 Å². The normalized spacial score (nSPS) is 13.2. The first-order valence-electron chi connectivity index (χ1n) is 13.3. The number of esters is 1. The highest BCUT2D eigenvalue weighted by Crippen LogP contribution is 2.24. The molecule has 0 saturated carbocycles. The molecule has 0 unspecified atom stereocenters. The first-order valence-corrected chi connectivity index (χ1v) is 13.3. The molecule has 1 aliphatic rings. The molecule has 0 fully saturated rings. The van der Waals surface area contributed by atoms with Crippen LogP contribution in [0.4, 0.5) is 0 Å². The lowest BCUT2D eigenvalue weighted by Gasteiger charge is -2.19. The molecule has 1 aliphatic heterocycles. The van der Waals surface area contributed by atoms with E-state index in [2.05, 4.69) is 12.1 Å². The van der Waals surface area contributed by atoms with Gasteiger partial charge in [0.15, 0.2) is 0 Å². The number of hydrogen-bond donors (Lipinski definition) is 1. The Morgan fingerprint density at radius 2 is 1.20 bits per heavy atom. The number of aliphatic hydroxyl groups excluding tert-OH is 1. The second kappa shape index (κ2) is 13.6. The standard InChI is InChI=1S/C33H33NO7/c1-33(2,23-35)32(38)41-22-21-40-28-13-7-25(8-14-28)4-3-24-5-9-26(10-6-24)27-11-15-29(16-12-27)39-20-19-34-30(36)17-18-31(34)37/h3-18,35H,19-23H2,1-2H3/b4-3+. The number of aliphatic hydroxyl groups is 1. The van der Waals surface area contributed by atoms with Gasteiger partial charge in [0.25, 0.3) is 11.8 Å². The van der Waals surface area contributed by atoms with Crippen molar-refractivity contribution in [2.24, 2.45) is 5.41 Å². The summed E-state index contributed by atoms with van der Waals surface area (Å²) < 4.78 is 16.5. The lowest BCUT2D eigenvalue weighted by atomic mass is 9.95. The highest BCUT2D eigenvalue weighted by Gasteiger charge is 2.28.